The summed E-state index contributed by atoms with van der Waals surface area (Å²) in [5.74, 6) is 0. The first-order valence-corrected chi connectivity index (χ1v) is 6.38. The Morgan fingerprint density at radius 3 is 2.61 bits per heavy atom. The van der Waals surface area contributed by atoms with Crippen LogP contribution in [0.25, 0.3) is 0 Å². The van der Waals surface area contributed by atoms with E-state index in [9.17, 15) is 0 Å². The minimum atomic E-state index is 0.462. The molecule has 0 spiro atoms. The van der Waals surface area contributed by atoms with Crippen LogP contribution in [0.1, 0.15) is 6.92 Å². The number of benzene rings is 1. The first-order valence-electron chi connectivity index (χ1n) is 5.18. The number of hydrazone groups is 2. The third kappa shape index (κ3) is 5.74. The molecule has 0 fully saturated rings. The zero-order valence-electron chi connectivity index (χ0n) is 10.1. The van der Waals surface area contributed by atoms with Gasteiger partial charge in [-0.25, -0.2) is 0 Å². The first-order chi connectivity index (χ1) is 8.61. The Bertz CT molecular complexity index is 455. The molecule has 0 aliphatic carbocycles. The van der Waals surface area contributed by atoms with E-state index in [0.717, 1.165) is 10.2 Å². The van der Waals surface area contributed by atoms with E-state index in [1.165, 1.54) is 0 Å². The van der Waals surface area contributed by atoms with Gasteiger partial charge in [-0.2, -0.15) is 10.2 Å². The summed E-state index contributed by atoms with van der Waals surface area (Å²) in [7, 11) is 1.73. The van der Waals surface area contributed by atoms with E-state index >= 15 is 0 Å². The summed E-state index contributed by atoms with van der Waals surface area (Å²) in [6.07, 6.45) is 1.60. The maximum atomic E-state index is 4.88. The number of hydrogen-bond acceptors (Lipinski definition) is 4. The van der Waals surface area contributed by atoms with Crippen molar-refractivity contribution in [3.05, 3.63) is 28.7 Å². The molecule has 0 bridgehead atoms. The van der Waals surface area contributed by atoms with Crippen LogP contribution in [0.2, 0.25) is 0 Å². The van der Waals surface area contributed by atoms with Crippen LogP contribution in [-0.4, -0.2) is 24.1 Å². The molecule has 0 atom stereocenters. The number of thiocarbonyl (C=S) groups is 1. The maximum absolute atomic E-state index is 4.88. The minimum Gasteiger partial charge on any atom is -0.364 e. The highest BCUT2D eigenvalue weighted by molar-refractivity contribution is 9.10. The molecule has 0 radical (unpaired) electrons. The van der Waals surface area contributed by atoms with Gasteiger partial charge in [0, 0.05) is 11.5 Å². The first kappa shape index (κ1) is 14.6. The van der Waals surface area contributed by atoms with E-state index in [1.807, 2.05) is 31.2 Å². The van der Waals surface area contributed by atoms with Gasteiger partial charge in [-0.1, -0.05) is 15.9 Å². The Hall–Kier alpha value is -1.47. The fraction of sp³-hybridized carbons (Fsp3) is 0.182. The Morgan fingerprint density at radius 2 is 2.00 bits per heavy atom. The standard InChI is InChI=1S/C11H14BrN5S/c1-8(15-17-11(18)13-2)7-14-16-10-5-3-9(12)4-6-10/h3-7,16H,1-2H3,(H2,13,17,18)/b14-7-,15-8+. The molecule has 5 nitrogen and oxygen atoms in total. The predicted octanol–water partition coefficient (Wildman–Crippen LogP) is 2.32. The molecule has 18 heavy (non-hydrogen) atoms. The highest BCUT2D eigenvalue weighted by Gasteiger charge is 1.90. The van der Waals surface area contributed by atoms with Crippen molar-refractivity contribution in [3.8, 4) is 0 Å². The average molecular weight is 328 g/mol. The molecule has 0 aliphatic rings. The van der Waals surface area contributed by atoms with Crippen molar-refractivity contribution in [1.29, 1.82) is 0 Å². The summed E-state index contributed by atoms with van der Waals surface area (Å²) >= 11 is 8.25. The second-order valence-electron chi connectivity index (χ2n) is 3.32. The summed E-state index contributed by atoms with van der Waals surface area (Å²) in [6.45, 7) is 1.82. The van der Waals surface area contributed by atoms with Gasteiger partial charge in [0.25, 0.3) is 0 Å². The topological polar surface area (TPSA) is 60.8 Å². The second kappa shape index (κ2) is 7.78. The summed E-state index contributed by atoms with van der Waals surface area (Å²) in [4.78, 5) is 0. The largest absolute Gasteiger partial charge is 0.364 e. The van der Waals surface area contributed by atoms with Gasteiger partial charge in [0.1, 0.15) is 0 Å². The third-order valence-electron chi connectivity index (χ3n) is 1.85. The molecule has 0 saturated heterocycles. The van der Waals surface area contributed by atoms with Crippen molar-refractivity contribution < 1.29 is 0 Å². The monoisotopic (exact) mass is 327 g/mol. The van der Waals surface area contributed by atoms with Gasteiger partial charge >= 0.3 is 0 Å². The van der Waals surface area contributed by atoms with Crippen molar-refractivity contribution in [3.63, 3.8) is 0 Å². The Balaban J connectivity index is 2.44. The molecule has 1 aromatic carbocycles. The van der Waals surface area contributed by atoms with Crippen molar-refractivity contribution in [1.82, 2.24) is 10.7 Å². The van der Waals surface area contributed by atoms with Crippen molar-refractivity contribution in [2.24, 2.45) is 10.2 Å². The van der Waals surface area contributed by atoms with Gasteiger partial charge in [-0.05, 0) is 43.4 Å². The van der Waals surface area contributed by atoms with E-state index in [1.54, 1.807) is 13.3 Å². The fourth-order valence-electron chi connectivity index (χ4n) is 0.948. The molecule has 0 unspecified atom stereocenters. The van der Waals surface area contributed by atoms with Gasteiger partial charge in [0.15, 0.2) is 5.11 Å². The molecule has 1 rings (SSSR count). The highest BCUT2D eigenvalue weighted by atomic mass is 79.9. The second-order valence-corrected chi connectivity index (χ2v) is 4.64. The van der Waals surface area contributed by atoms with Crippen LogP contribution in [0, 0.1) is 0 Å². The van der Waals surface area contributed by atoms with Crippen LogP contribution in [0.3, 0.4) is 0 Å². The van der Waals surface area contributed by atoms with Crippen LogP contribution >= 0.6 is 28.1 Å². The third-order valence-corrected chi connectivity index (χ3v) is 2.67. The van der Waals surface area contributed by atoms with E-state index in [0.29, 0.717) is 10.8 Å². The van der Waals surface area contributed by atoms with Crippen molar-refractivity contribution in [2.45, 2.75) is 6.92 Å². The van der Waals surface area contributed by atoms with E-state index in [4.69, 9.17) is 12.2 Å². The smallest absolute Gasteiger partial charge is 0.186 e. The lowest BCUT2D eigenvalue weighted by Crippen LogP contribution is -2.29. The summed E-state index contributed by atoms with van der Waals surface area (Å²) in [6, 6.07) is 7.71. The lowest BCUT2D eigenvalue weighted by molar-refractivity contribution is 0.977. The van der Waals surface area contributed by atoms with Gasteiger partial charge in [-0.3, -0.25) is 10.9 Å². The number of anilines is 1. The number of hydrogen-bond donors (Lipinski definition) is 3. The van der Waals surface area contributed by atoms with Crippen LogP contribution in [0.5, 0.6) is 0 Å². The van der Waals surface area contributed by atoms with Crippen molar-refractivity contribution in [2.75, 3.05) is 12.5 Å². The molecule has 1 aromatic rings. The number of nitrogens with zero attached hydrogens (tertiary/aromatic N) is 2. The van der Waals surface area contributed by atoms with Crippen LogP contribution in [-0.2, 0) is 0 Å². The Morgan fingerprint density at radius 1 is 1.33 bits per heavy atom. The predicted molar refractivity (Wildman–Crippen MR) is 84.2 cm³/mol. The molecule has 96 valence electrons. The molecule has 0 aliphatic heterocycles. The van der Waals surface area contributed by atoms with Gasteiger partial charge in [0.2, 0.25) is 0 Å². The normalized spacial score (nSPS) is 11.4. The molecule has 0 heterocycles. The lowest BCUT2D eigenvalue weighted by atomic mass is 10.3. The van der Waals surface area contributed by atoms with Crippen LogP contribution in [0.15, 0.2) is 38.9 Å². The van der Waals surface area contributed by atoms with Crippen molar-refractivity contribution >= 4 is 50.9 Å². The zero-order chi connectivity index (χ0) is 13.4. The van der Waals surface area contributed by atoms with Crippen LogP contribution in [0.4, 0.5) is 5.69 Å². The Labute approximate surface area is 120 Å². The average Bonchev–Trinajstić information content (AvgIpc) is 2.38. The lowest BCUT2D eigenvalue weighted by Gasteiger charge is -2.01. The molecule has 0 amide bonds. The molecule has 7 heteroatoms. The summed E-state index contributed by atoms with van der Waals surface area (Å²) in [5.41, 5.74) is 7.18. The summed E-state index contributed by atoms with van der Waals surface area (Å²) in [5, 5.41) is 11.3. The SMILES string of the molecule is CNC(=S)N/N=C(C)/C=N\Nc1ccc(Br)cc1. The highest BCUT2D eigenvalue weighted by Crippen LogP contribution is 2.13. The van der Waals surface area contributed by atoms with E-state index < -0.39 is 0 Å². The molecular formula is C11H14BrN5S. The van der Waals surface area contributed by atoms with E-state index in [2.05, 4.69) is 42.3 Å². The summed E-state index contributed by atoms with van der Waals surface area (Å²) < 4.78 is 1.03. The van der Waals surface area contributed by atoms with Crippen LogP contribution < -0.4 is 16.2 Å². The molecule has 0 aromatic heterocycles. The minimum absolute atomic E-state index is 0.462. The Kier molecular flexibility index (Phi) is 6.31. The van der Waals surface area contributed by atoms with Gasteiger partial charge in [0.05, 0.1) is 17.6 Å². The quantitative estimate of drug-likeness (QED) is 0.451. The number of halogens is 1. The fourth-order valence-corrected chi connectivity index (χ4v) is 1.26. The van der Waals surface area contributed by atoms with Gasteiger partial charge in [-0.15, -0.1) is 0 Å². The molecule has 3 N–H and O–H groups in total. The number of nitrogens with one attached hydrogen (secondary N) is 3. The zero-order valence-corrected chi connectivity index (χ0v) is 12.5. The number of rotatable bonds is 4. The van der Waals surface area contributed by atoms with E-state index in [-0.39, 0.29) is 0 Å². The van der Waals surface area contributed by atoms with Gasteiger partial charge < -0.3 is 5.32 Å². The molecule has 0 saturated carbocycles. The maximum Gasteiger partial charge on any atom is 0.186 e. The molecular weight excluding hydrogens is 314 g/mol.